The normalized spacial score (nSPS) is 34.7. The van der Waals surface area contributed by atoms with E-state index in [1.54, 1.807) is 0 Å². The molecule has 1 aliphatic heterocycles. The Morgan fingerprint density at radius 2 is 2.56 bits per heavy atom. The Morgan fingerprint density at radius 1 is 1.89 bits per heavy atom. The van der Waals surface area contributed by atoms with Crippen molar-refractivity contribution in [1.82, 2.24) is 5.32 Å². The van der Waals surface area contributed by atoms with Crippen molar-refractivity contribution >= 4 is 5.91 Å². The van der Waals surface area contributed by atoms with E-state index < -0.39 is 12.3 Å². The van der Waals surface area contributed by atoms with Crippen LogP contribution in [0.2, 0.25) is 0 Å². The largest absolute Gasteiger partial charge is 0.388 e. The zero-order chi connectivity index (χ0) is 6.85. The van der Waals surface area contributed by atoms with Crippen LogP contribution in [0.4, 0.5) is 0 Å². The lowest BCUT2D eigenvalue weighted by Gasteiger charge is -2.10. The minimum Gasteiger partial charge on any atom is -0.388 e. The lowest BCUT2D eigenvalue weighted by Crippen LogP contribution is -2.32. The van der Waals surface area contributed by atoms with Crippen molar-refractivity contribution in [3.05, 3.63) is 0 Å². The van der Waals surface area contributed by atoms with Gasteiger partial charge in [0, 0.05) is 7.11 Å². The number of amides is 1. The highest BCUT2D eigenvalue weighted by Gasteiger charge is 2.29. The molecule has 4 nitrogen and oxygen atoms in total. The predicted molar refractivity (Wildman–Crippen MR) is 29.6 cm³/mol. The summed E-state index contributed by atoms with van der Waals surface area (Å²) in [7, 11) is 1.44. The molecule has 0 aliphatic carbocycles. The summed E-state index contributed by atoms with van der Waals surface area (Å²) in [5.41, 5.74) is 0. The summed E-state index contributed by atoms with van der Waals surface area (Å²) in [5.74, 6) is -0.158. The first-order valence-electron chi connectivity index (χ1n) is 2.74. The average molecular weight is 131 g/mol. The van der Waals surface area contributed by atoms with Gasteiger partial charge >= 0.3 is 0 Å². The van der Waals surface area contributed by atoms with E-state index in [-0.39, 0.29) is 12.3 Å². The van der Waals surface area contributed by atoms with Crippen molar-refractivity contribution in [2.24, 2.45) is 0 Å². The fourth-order valence-corrected chi connectivity index (χ4v) is 0.827. The highest BCUT2D eigenvalue weighted by atomic mass is 16.5. The van der Waals surface area contributed by atoms with E-state index in [4.69, 9.17) is 9.84 Å². The zero-order valence-corrected chi connectivity index (χ0v) is 5.13. The third-order valence-corrected chi connectivity index (χ3v) is 1.30. The first kappa shape index (κ1) is 6.51. The van der Waals surface area contributed by atoms with Gasteiger partial charge in [-0.2, -0.15) is 0 Å². The number of methoxy groups -OCH3 is 1. The molecule has 1 heterocycles. The molecule has 2 N–H and O–H groups in total. The van der Waals surface area contributed by atoms with E-state index in [2.05, 4.69) is 5.32 Å². The van der Waals surface area contributed by atoms with Crippen LogP contribution in [0.3, 0.4) is 0 Å². The molecule has 1 fully saturated rings. The van der Waals surface area contributed by atoms with Crippen molar-refractivity contribution in [2.45, 2.75) is 18.8 Å². The second-order valence-corrected chi connectivity index (χ2v) is 2.00. The van der Waals surface area contributed by atoms with Crippen LogP contribution in [-0.2, 0) is 9.53 Å². The van der Waals surface area contributed by atoms with Gasteiger partial charge in [-0.15, -0.1) is 0 Å². The highest BCUT2D eigenvalue weighted by molar-refractivity contribution is 5.79. The summed E-state index contributed by atoms with van der Waals surface area (Å²) in [5, 5.41) is 11.4. The zero-order valence-electron chi connectivity index (χ0n) is 5.13. The van der Waals surface area contributed by atoms with E-state index >= 15 is 0 Å². The van der Waals surface area contributed by atoms with Gasteiger partial charge in [-0.05, 0) is 0 Å². The molecule has 1 aliphatic rings. The number of carbonyl (C=O) groups excluding carboxylic acids is 1. The topological polar surface area (TPSA) is 58.6 Å². The van der Waals surface area contributed by atoms with Gasteiger partial charge < -0.3 is 15.2 Å². The Bertz CT molecular complexity index is 125. The van der Waals surface area contributed by atoms with Crippen LogP contribution in [0.25, 0.3) is 0 Å². The molecule has 2 atom stereocenters. The number of aliphatic hydroxyl groups is 1. The van der Waals surface area contributed by atoms with Crippen LogP contribution in [0.1, 0.15) is 6.42 Å². The van der Waals surface area contributed by atoms with Gasteiger partial charge in [-0.25, -0.2) is 0 Å². The van der Waals surface area contributed by atoms with Crippen LogP contribution in [0.5, 0.6) is 0 Å². The summed E-state index contributed by atoms with van der Waals surface area (Å²) < 4.78 is 4.71. The van der Waals surface area contributed by atoms with Crippen LogP contribution in [0.15, 0.2) is 0 Å². The van der Waals surface area contributed by atoms with Crippen molar-refractivity contribution in [1.29, 1.82) is 0 Å². The minimum atomic E-state index is -0.678. The predicted octanol–water partition coefficient (Wildman–Crippen LogP) is -1.16. The maximum atomic E-state index is 10.5. The van der Waals surface area contributed by atoms with Crippen LogP contribution in [-0.4, -0.2) is 30.5 Å². The summed E-state index contributed by atoms with van der Waals surface area (Å²) in [6, 6.07) is 0. The molecule has 4 heteroatoms. The number of aliphatic hydroxyl groups excluding tert-OH is 1. The molecule has 0 radical (unpaired) electrons. The molecule has 0 aromatic rings. The highest BCUT2D eigenvalue weighted by Crippen LogP contribution is 2.07. The van der Waals surface area contributed by atoms with E-state index in [1.165, 1.54) is 7.11 Å². The molecule has 0 aromatic heterocycles. The van der Waals surface area contributed by atoms with Crippen molar-refractivity contribution in [2.75, 3.05) is 7.11 Å². The smallest absolute Gasteiger partial charge is 0.224 e. The lowest BCUT2D eigenvalue weighted by atomic mass is 10.3. The lowest BCUT2D eigenvalue weighted by molar-refractivity contribution is -0.120. The Kier molecular flexibility index (Phi) is 1.68. The molecule has 1 amide bonds. The number of carbonyl (C=O) groups is 1. The molecule has 0 spiro atoms. The molecule has 0 bridgehead atoms. The second kappa shape index (κ2) is 2.33. The summed E-state index contributed by atoms with van der Waals surface area (Å²) in [4.78, 5) is 10.5. The standard InChI is InChI=1S/C5H9NO3/c1-9-5-3(7)2-4(8)6-5/h3,5,7H,2H2,1H3,(H,6,8)/t3-,5+/m1/s1. The molecular formula is C5H9NO3. The SMILES string of the molecule is CO[C@@H]1NC(=O)C[C@H]1O. The molecule has 9 heavy (non-hydrogen) atoms. The summed E-state index contributed by atoms with van der Waals surface area (Å²) in [6.07, 6.45) is -1.03. The van der Waals surface area contributed by atoms with Gasteiger partial charge in [-0.1, -0.05) is 0 Å². The van der Waals surface area contributed by atoms with Crippen LogP contribution in [0, 0.1) is 0 Å². The third-order valence-electron chi connectivity index (χ3n) is 1.30. The monoisotopic (exact) mass is 131 g/mol. The van der Waals surface area contributed by atoms with Crippen molar-refractivity contribution < 1.29 is 14.6 Å². The molecule has 0 aromatic carbocycles. The second-order valence-electron chi connectivity index (χ2n) is 2.00. The quantitative estimate of drug-likeness (QED) is 0.472. The van der Waals surface area contributed by atoms with Crippen molar-refractivity contribution in [3.8, 4) is 0 Å². The van der Waals surface area contributed by atoms with E-state index in [0.29, 0.717) is 0 Å². The third kappa shape index (κ3) is 1.20. The van der Waals surface area contributed by atoms with Gasteiger partial charge in [0.25, 0.3) is 0 Å². The Hall–Kier alpha value is -0.610. The maximum Gasteiger partial charge on any atom is 0.224 e. The number of hydrogen-bond donors (Lipinski definition) is 2. The average Bonchev–Trinajstić information content (AvgIpc) is 2.10. The van der Waals surface area contributed by atoms with Crippen LogP contribution < -0.4 is 5.32 Å². The fourth-order valence-electron chi connectivity index (χ4n) is 0.827. The molecule has 52 valence electrons. The molecule has 0 unspecified atom stereocenters. The van der Waals surface area contributed by atoms with Gasteiger partial charge in [-0.3, -0.25) is 4.79 Å². The minimum absolute atomic E-state index is 0.151. The molecule has 1 saturated heterocycles. The number of hydrogen-bond acceptors (Lipinski definition) is 3. The Morgan fingerprint density at radius 3 is 2.78 bits per heavy atom. The van der Waals surface area contributed by atoms with Gasteiger partial charge in [0.1, 0.15) is 6.10 Å². The Balaban J connectivity index is 2.47. The molecular weight excluding hydrogens is 122 g/mol. The van der Waals surface area contributed by atoms with Crippen molar-refractivity contribution in [3.63, 3.8) is 0 Å². The van der Waals surface area contributed by atoms with Crippen LogP contribution >= 0.6 is 0 Å². The number of rotatable bonds is 1. The fraction of sp³-hybridized carbons (Fsp3) is 0.800. The number of nitrogens with one attached hydrogen (secondary N) is 1. The van der Waals surface area contributed by atoms with E-state index in [9.17, 15) is 4.79 Å². The first-order chi connectivity index (χ1) is 4.24. The maximum absolute atomic E-state index is 10.5. The summed E-state index contributed by atoms with van der Waals surface area (Å²) >= 11 is 0. The van der Waals surface area contributed by atoms with E-state index in [0.717, 1.165) is 0 Å². The number of ether oxygens (including phenoxy) is 1. The van der Waals surface area contributed by atoms with Gasteiger partial charge in [0.15, 0.2) is 6.23 Å². The van der Waals surface area contributed by atoms with Gasteiger partial charge in [0.2, 0.25) is 5.91 Å². The van der Waals surface area contributed by atoms with Gasteiger partial charge in [0.05, 0.1) is 6.42 Å². The Labute approximate surface area is 52.8 Å². The molecule has 1 rings (SSSR count). The first-order valence-corrected chi connectivity index (χ1v) is 2.74. The summed E-state index contributed by atoms with van der Waals surface area (Å²) in [6.45, 7) is 0. The van der Waals surface area contributed by atoms with E-state index in [1.807, 2.05) is 0 Å². The molecule has 0 saturated carbocycles.